The minimum absolute atomic E-state index is 0.0871. The van der Waals surface area contributed by atoms with Gasteiger partial charge in [0.2, 0.25) is 0 Å². The van der Waals surface area contributed by atoms with E-state index in [9.17, 15) is 9.59 Å². The third-order valence-corrected chi connectivity index (χ3v) is 4.10. The third-order valence-electron chi connectivity index (χ3n) is 3.48. The Hall–Kier alpha value is -3.11. The Morgan fingerprint density at radius 1 is 1.22 bits per heavy atom. The number of rotatable bonds is 7. The average Bonchev–Trinajstić information content (AvgIpc) is 2.65. The maximum Gasteiger partial charge on any atom is 0.348 e. The van der Waals surface area contributed by atoms with Crippen molar-refractivity contribution in [1.29, 1.82) is 5.26 Å². The van der Waals surface area contributed by atoms with Crippen LogP contribution in [0.15, 0.2) is 52.5 Å². The molecule has 0 atom stereocenters. The molecule has 138 valence electrons. The zero-order valence-corrected chi connectivity index (χ0v) is 16.0. The second-order valence-corrected chi connectivity index (χ2v) is 6.23. The Morgan fingerprint density at radius 3 is 2.48 bits per heavy atom. The number of nitrogens with zero attached hydrogens (tertiary/aromatic N) is 1. The largest absolute Gasteiger partial charge is 0.488 e. The molecule has 0 heterocycles. The van der Waals surface area contributed by atoms with Crippen LogP contribution >= 0.6 is 15.9 Å². The van der Waals surface area contributed by atoms with Crippen molar-refractivity contribution >= 4 is 33.9 Å². The van der Waals surface area contributed by atoms with Gasteiger partial charge in [-0.2, -0.15) is 5.26 Å². The lowest BCUT2D eigenvalue weighted by Gasteiger charge is -2.09. The first kappa shape index (κ1) is 20.2. The SMILES string of the molecule is CCOC(=O)/C(C#N)=C\c1ccc(OCc2ccc(C(=O)O)cc2)c(Br)c1. The number of benzene rings is 2. The topological polar surface area (TPSA) is 96.6 Å². The van der Waals surface area contributed by atoms with E-state index in [1.807, 2.05) is 6.07 Å². The van der Waals surface area contributed by atoms with Crippen LogP contribution in [0.4, 0.5) is 0 Å². The molecule has 1 N–H and O–H groups in total. The molecule has 0 aliphatic heterocycles. The lowest BCUT2D eigenvalue weighted by Crippen LogP contribution is -2.06. The Bertz CT molecular complexity index is 913. The number of hydrogen-bond acceptors (Lipinski definition) is 5. The van der Waals surface area contributed by atoms with Crippen LogP contribution in [0.2, 0.25) is 0 Å². The molecule has 0 saturated heterocycles. The molecule has 0 aliphatic carbocycles. The van der Waals surface area contributed by atoms with Crippen molar-refractivity contribution in [3.05, 3.63) is 69.2 Å². The maximum atomic E-state index is 11.7. The first-order valence-corrected chi connectivity index (χ1v) is 8.77. The average molecular weight is 430 g/mol. The molecule has 2 aromatic rings. The van der Waals surface area contributed by atoms with Gasteiger partial charge < -0.3 is 14.6 Å². The summed E-state index contributed by atoms with van der Waals surface area (Å²) in [6.07, 6.45) is 1.44. The zero-order valence-electron chi connectivity index (χ0n) is 14.4. The number of carboxylic acids is 1. The summed E-state index contributed by atoms with van der Waals surface area (Å²) in [5.74, 6) is -1.07. The van der Waals surface area contributed by atoms with Gasteiger partial charge >= 0.3 is 11.9 Å². The predicted octanol–water partition coefficient (Wildman–Crippen LogP) is 4.20. The molecule has 0 bridgehead atoms. The van der Waals surface area contributed by atoms with Crippen molar-refractivity contribution in [1.82, 2.24) is 0 Å². The summed E-state index contributed by atoms with van der Waals surface area (Å²) >= 11 is 3.40. The molecule has 0 amide bonds. The van der Waals surface area contributed by atoms with Crippen LogP contribution in [0.3, 0.4) is 0 Å². The van der Waals surface area contributed by atoms with E-state index >= 15 is 0 Å². The quantitative estimate of drug-likeness (QED) is 0.402. The molecule has 0 fully saturated rings. The minimum Gasteiger partial charge on any atom is -0.488 e. The van der Waals surface area contributed by atoms with Crippen LogP contribution in [0, 0.1) is 11.3 Å². The Balaban J connectivity index is 2.09. The van der Waals surface area contributed by atoms with E-state index in [1.165, 1.54) is 18.2 Å². The van der Waals surface area contributed by atoms with E-state index in [1.54, 1.807) is 37.3 Å². The summed E-state index contributed by atoms with van der Waals surface area (Å²) in [7, 11) is 0. The summed E-state index contributed by atoms with van der Waals surface area (Å²) in [4.78, 5) is 22.5. The van der Waals surface area contributed by atoms with Gasteiger partial charge in [0.15, 0.2) is 0 Å². The van der Waals surface area contributed by atoms with Crippen molar-refractivity contribution in [3.63, 3.8) is 0 Å². The normalized spacial score (nSPS) is 10.8. The van der Waals surface area contributed by atoms with Crippen LogP contribution in [0.1, 0.15) is 28.4 Å². The summed E-state index contributed by atoms with van der Waals surface area (Å²) in [6, 6.07) is 13.4. The standard InChI is InChI=1S/C20H16BrNO5/c1-2-26-20(25)16(11-22)9-14-5-8-18(17(21)10-14)27-12-13-3-6-15(7-4-13)19(23)24/h3-10H,2,12H2,1H3,(H,23,24)/b16-9-. The highest BCUT2D eigenvalue weighted by atomic mass is 79.9. The van der Waals surface area contributed by atoms with Crippen molar-refractivity contribution in [3.8, 4) is 11.8 Å². The number of carboxylic acid groups (broad SMARTS) is 1. The Morgan fingerprint density at radius 2 is 1.93 bits per heavy atom. The number of hydrogen-bond donors (Lipinski definition) is 1. The molecule has 0 saturated carbocycles. The van der Waals surface area contributed by atoms with Crippen molar-refractivity contribution in [2.45, 2.75) is 13.5 Å². The summed E-state index contributed by atoms with van der Waals surface area (Å²) in [5, 5.41) is 18.0. The highest BCUT2D eigenvalue weighted by molar-refractivity contribution is 9.10. The van der Waals surface area contributed by atoms with Gasteiger partial charge in [-0.1, -0.05) is 18.2 Å². The van der Waals surface area contributed by atoms with E-state index in [0.717, 1.165) is 5.56 Å². The van der Waals surface area contributed by atoms with Gasteiger partial charge in [0.1, 0.15) is 24.0 Å². The van der Waals surface area contributed by atoms with E-state index in [4.69, 9.17) is 19.8 Å². The molecular weight excluding hydrogens is 414 g/mol. The molecule has 27 heavy (non-hydrogen) atoms. The monoisotopic (exact) mass is 429 g/mol. The second-order valence-electron chi connectivity index (χ2n) is 5.37. The fourth-order valence-corrected chi connectivity index (χ4v) is 2.65. The molecule has 6 nitrogen and oxygen atoms in total. The predicted molar refractivity (Wildman–Crippen MR) is 102 cm³/mol. The Labute approximate surface area is 164 Å². The molecule has 0 spiro atoms. The van der Waals surface area contributed by atoms with E-state index in [2.05, 4.69) is 15.9 Å². The lowest BCUT2D eigenvalue weighted by atomic mass is 10.1. The van der Waals surface area contributed by atoms with E-state index < -0.39 is 11.9 Å². The molecule has 0 radical (unpaired) electrons. The molecule has 0 unspecified atom stereocenters. The van der Waals surface area contributed by atoms with Crippen molar-refractivity contribution < 1.29 is 24.2 Å². The lowest BCUT2D eigenvalue weighted by molar-refractivity contribution is -0.137. The number of carbonyl (C=O) groups is 2. The number of ether oxygens (including phenoxy) is 2. The number of nitriles is 1. The highest BCUT2D eigenvalue weighted by Gasteiger charge is 2.11. The highest BCUT2D eigenvalue weighted by Crippen LogP contribution is 2.28. The zero-order chi connectivity index (χ0) is 19.8. The summed E-state index contributed by atoms with van der Waals surface area (Å²) in [6.45, 7) is 2.13. The second kappa shape index (κ2) is 9.55. The number of esters is 1. The van der Waals surface area contributed by atoms with Crippen LogP contribution in [-0.4, -0.2) is 23.7 Å². The van der Waals surface area contributed by atoms with Crippen LogP contribution in [-0.2, 0) is 16.1 Å². The molecule has 0 aromatic heterocycles. The van der Waals surface area contributed by atoms with Crippen molar-refractivity contribution in [2.75, 3.05) is 6.61 Å². The fourth-order valence-electron chi connectivity index (χ4n) is 2.14. The van der Waals surface area contributed by atoms with Gasteiger partial charge in [0.25, 0.3) is 0 Å². The van der Waals surface area contributed by atoms with Gasteiger partial charge in [-0.3, -0.25) is 0 Å². The molecule has 2 aromatic carbocycles. The summed E-state index contributed by atoms with van der Waals surface area (Å²) < 4.78 is 11.2. The van der Waals surface area contributed by atoms with Gasteiger partial charge in [0, 0.05) is 0 Å². The van der Waals surface area contributed by atoms with Gasteiger partial charge in [-0.15, -0.1) is 0 Å². The molecule has 7 heteroatoms. The van der Waals surface area contributed by atoms with Crippen LogP contribution in [0.5, 0.6) is 5.75 Å². The first-order valence-electron chi connectivity index (χ1n) is 7.98. The minimum atomic E-state index is -0.978. The van der Waals surface area contributed by atoms with Crippen molar-refractivity contribution in [2.24, 2.45) is 0 Å². The van der Waals surface area contributed by atoms with Gasteiger partial charge in [0.05, 0.1) is 16.6 Å². The van der Waals surface area contributed by atoms with E-state index in [0.29, 0.717) is 15.8 Å². The number of aromatic carboxylic acids is 1. The van der Waals surface area contributed by atoms with Gasteiger partial charge in [-0.05, 0) is 64.3 Å². The number of halogens is 1. The molecular formula is C20H16BrNO5. The van der Waals surface area contributed by atoms with Crippen LogP contribution < -0.4 is 4.74 Å². The van der Waals surface area contributed by atoms with E-state index in [-0.39, 0.29) is 24.4 Å². The Kier molecular flexibility index (Phi) is 7.15. The maximum absolute atomic E-state index is 11.7. The number of carbonyl (C=O) groups excluding carboxylic acids is 1. The molecule has 0 aliphatic rings. The van der Waals surface area contributed by atoms with Crippen LogP contribution in [0.25, 0.3) is 6.08 Å². The molecule has 2 rings (SSSR count). The first-order chi connectivity index (χ1) is 12.9. The third kappa shape index (κ3) is 5.69. The smallest absolute Gasteiger partial charge is 0.348 e. The fraction of sp³-hybridized carbons (Fsp3) is 0.150. The van der Waals surface area contributed by atoms with Gasteiger partial charge in [-0.25, -0.2) is 9.59 Å². The summed E-state index contributed by atoms with van der Waals surface area (Å²) in [5.41, 5.74) is 1.59.